The molecule has 146 valence electrons. The van der Waals surface area contributed by atoms with Gasteiger partial charge in [-0.2, -0.15) is 0 Å². The maximum atomic E-state index is 12.7. The molecule has 0 fully saturated rings. The number of nitrogens with zero attached hydrogens (tertiary/aromatic N) is 1. The summed E-state index contributed by atoms with van der Waals surface area (Å²) in [7, 11) is 1.51. The van der Waals surface area contributed by atoms with E-state index in [0.29, 0.717) is 18.0 Å². The second-order valence-corrected chi connectivity index (χ2v) is 6.72. The Morgan fingerprint density at radius 1 is 1.18 bits per heavy atom. The van der Waals surface area contributed by atoms with Crippen LogP contribution in [0.4, 0.5) is 5.69 Å². The Labute approximate surface area is 164 Å². The lowest BCUT2D eigenvalue weighted by molar-refractivity contribution is -0.120. The van der Waals surface area contributed by atoms with E-state index in [9.17, 15) is 9.59 Å². The SMILES string of the molecule is COc1cc(/C=C/C(=O)N2CCCc3cc(C)ccc32)ccc1OCC(N)=O. The normalized spacial score (nSPS) is 13.3. The van der Waals surface area contributed by atoms with Crippen molar-refractivity contribution in [3.8, 4) is 11.5 Å². The molecular formula is C22H24N2O4. The Bertz CT molecular complexity index is 921. The number of ether oxygens (including phenoxy) is 2. The monoisotopic (exact) mass is 380 g/mol. The molecule has 2 aromatic carbocycles. The molecule has 2 amide bonds. The molecule has 0 aliphatic carbocycles. The first kappa shape index (κ1) is 19.5. The Morgan fingerprint density at radius 3 is 2.75 bits per heavy atom. The molecular weight excluding hydrogens is 356 g/mol. The van der Waals surface area contributed by atoms with Crippen molar-refractivity contribution in [3.63, 3.8) is 0 Å². The van der Waals surface area contributed by atoms with Gasteiger partial charge in [-0.25, -0.2) is 0 Å². The number of hydrogen-bond acceptors (Lipinski definition) is 4. The highest BCUT2D eigenvalue weighted by molar-refractivity contribution is 6.04. The summed E-state index contributed by atoms with van der Waals surface area (Å²) < 4.78 is 10.6. The predicted octanol–water partition coefficient (Wildman–Crippen LogP) is 2.86. The molecule has 0 atom stereocenters. The zero-order chi connectivity index (χ0) is 20.1. The van der Waals surface area contributed by atoms with E-state index < -0.39 is 5.91 Å². The Hall–Kier alpha value is -3.28. The number of carbonyl (C=O) groups is 2. The van der Waals surface area contributed by atoms with Crippen molar-refractivity contribution in [1.82, 2.24) is 0 Å². The second-order valence-electron chi connectivity index (χ2n) is 6.72. The van der Waals surface area contributed by atoms with Crippen molar-refractivity contribution in [2.24, 2.45) is 5.73 Å². The third-order valence-corrected chi connectivity index (χ3v) is 4.60. The number of benzene rings is 2. The topological polar surface area (TPSA) is 81.9 Å². The zero-order valence-electron chi connectivity index (χ0n) is 16.1. The number of nitrogens with two attached hydrogens (primary N) is 1. The number of anilines is 1. The Balaban J connectivity index is 1.75. The van der Waals surface area contributed by atoms with Crippen LogP contribution in [0.3, 0.4) is 0 Å². The number of rotatable bonds is 6. The van der Waals surface area contributed by atoms with E-state index in [4.69, 9.17) is 15.2 Å². The summed E-state index contributed by atoms with van der Waals surface area (Å²) in [5.41, 5.74) is 9.29. The molecule has 0 unspecified atom stereocenters. The van der Waals surface area contributed by atoms with Gasteiger partial charge in [0.1, 0.15) is 0 Å². The molecule has 3 rings (SSSR count). The maximum Gasteiger partial charge on any atom is 0.255 e. The summed E-state index contributed by atoms with van der Waals surface area (Å²) in [5.74, 6) is 0.270. The summed E-state index contributed by atoms with van der Waals surface area (Å²) in [4.78, 5) is 25.4. The van der Waals surface area contributed by atoms with E-state index in [-0.39, 0.29) is 12.5 Å². The van der Waals surface area contributed by atoms with Gasteiger partial charge in [-0.3, -0.25) is 9.59 Å². The van der Waals surface area contributed by atoms with Crippen LogP contribution >= 0.6 is 0 Å². The third-order valence-electron chi connectivity index (χ3n) is 4.60. The number of fused-ring (bicyclic) bond motifs is 1. The quantitative estimate of drug-likeness (QED) is 0.782. The summed E-state index contributed by atoms with van der Waals surface area (Å²) in [6.45, 7) is 2.55. The lowest BCUT2D eigenvalue weighted by atomic mass is 9.99. The lowest BCUT2D eigenvalue weighted by Gasteiger charge is -2.29. The van der Waals surface area contributed by atoms with E-state index in [1.54, 1.807) is 30.4 Å². The van der Waals surface area contributed by atoms with Crippen molar-refractivity contribution < 1.29 is 19.1 Å². The summed E-state index contributed by atoms with van der Waals surface area (Å²) in [5, 5.41) is 0. The van der Waals surface area contributed by atoms with E-state index in [2.05, 4.69) is 13.0 Å². The third kappa shape index (κ3) is 4.52. The molecule has 1 aliphatic rings. The van der Waals surface area contributed by atoms with Gasteiger partial charge in [0.25, 0.3) is 11.8 Å². The minimum absolute atomic E-state index is 0.0576. The predicted molar refractivity (Wildman–Crippen MR) is 109 cm³/mol. The van der Waals surface area contributed by atoms with Crippen LogP contribution in [-0.4, -0.2) is 32.1 Å². The van der Waals surface area contributed by atoms with Crippen molar-refractivity contribution >= 4 is 23.6 Å². The minimum atomic E-state index is -0.561. The molecule has 6 nitrogen and oxygen atoms in total. The van der Waals surface area contributed by atoms with Gasteiger partial charge < -0.3 is 20.1 Å². The molecule has 0 saturated heterocycles. The first-order valence-corrected chi connectivity index (χ1v) is 9.16. The molecule has 0 aromatic heterocycles. The van der Waals surface area contributed by atoms with Crippen molar-refractivity contribution in [2.45, 2.75) is 19.8 Å². The molecule has 2 N–H and O–H groups in total. The average molecular weight is 380 g/mol. The van der Waals surface area contributed by atoms with Gasteiger partial charge in [0.15, 0.2) is 18.1 Å². The fourth-order valence-electron chi connectivity index (χ4n) is 3.27. The summed E-state index contributed by atoms with van der Waals surface area (Å²) in [6, 6.07) is 11.4. The van der Waals surface area contributed by atoms with Gasteiger partial charge in [0.05, 0.1) is 7.11 Å². The maximum absolute atomic E-state index is 12.7. The van der Waals surface area contributed by atoms with Crippen LogP contribution in [0.15, 0.2) is 42.5 Å². The number of carbonyl (C=O) groups excluding carboxylic acids is 2. The van der Waals surface area contributed by atoms with Gasteiger partial charge in [-0.15, -0.1) is 0 Å². The molecule has 2 aromatic rings. The van der Waals surface area contributed by atoms with Crippen LogP contribution in [0.1, 0.15) is 23.1 Å². The van der Waals surface area contributed by atoms with Gasteiger partial charge >= 0.3 is 0 Å². The standard InChI is InChI=1S/C22H24N2O4/c1-15-5-8-18-17(12-15)4-3-11-24(18)22(26)10-7-16-6-9-19(20(13-16)27-2)28-14-21(23)25/h5-10,12-13H,3-4,11,14H2,1-2H3,(H2,23,25)/b10-7+. The lowest BCUT2D eigenvalue weighted by Crippen LogP contribution is -2.34. The van der Waals surface area contributed by atoms with Crippen LogP contribution in [0.2, 0.25) is 0 Å². The molecule has 28 heavy (non-hydrogen) atoms. The number of aryl methyl sites for hydroxylation is 2. The molecule has 1 heterocycles. The van der Waals surface area contributed by atoms with E-state index in [0.717, 1.165) is 24.1 Å². The summed E-state index contributed by atoms with van der Waals surface area (Å²) >= 11 is 0. The van der Waals surface area contributed by atoms with E-state index >= 15 is 0 Å². The van der Waals surface area contributed by atoms with Gasteiger partial charge in [0.2, 0.25) is 0 Å². The van der Waals surface area contributed by atoms with Crippen LogP contribution < -0.4 is 20.1 Å². The smallest absolute Gasteiger partial charge is 0.255 e. The van der Waals surface area contributed by atoms with Crippen LogP contribution in [-0.2, 0) is 16.0 Å². The van der Waals surface area contributed by atoms with Gasteiger partial charge in [-0.05, 0) is 55.2 Å². The van der Waals surface area contributed by atoms with Gasteiger partial charge in [-0.1, -0.05) is 23.8 Å². The second kappa shape index (κ2) is 8.61. The molecule has 0 spiro atoms. The molecule has 0 saturated carbocycles. The van der Waals surface area contributed by atoms with Crippen LogP contribution in [0.25, 0.3) is 6.08 Å². The molecule has 0 radical (unpaired) electrons. The first-order chi connectivity index (χ1) is 13.5. The molecule has 1 aliphatic heterocycles. The first-order valence-electron chi connectivity index (χ1n) is 9.16. The largest absolute Gasteiger partial charge is 0.493 e. The highest BCUT2D eigenvalue weighted by Crippen LogP contribution is 2.30. The average Bonchev–Trinajstić information content (AvgIpc) is 2.69. The summed E-state index contributed by atoms with van der Waals surface area (Å²) in [6.07, 6.45) is 5.25. The van der Waals surface area contributed by atoms with Crippen LogP contribution in [0, 0.1) is 6.92 Å². The minimum Gasteiger partial charge on any atom is -0.493 e. The number of amides is 2. The Morgan fingerprint density at radius 2 is 2.00 bits per heavy atom. The molecule has 0 bridgehead atoms. The molecule has 6 heteroatoms. The number of primary amides is 1. The van der Waals surface area contributed by atoms with Crippen molar-refractivity contribution in [1.29, 1.82) is 0 Å². The van der Waals surface area contributed by atoms with Crippen LogP contribution in [0.5, 0.6) is 11.5 Å². The highest BCUT2D eigenvalue weighted by atomic mass is 16.5. The fraction of sp³-hybridized carbons (Fsp3) is 0.273. The number of methoxy groups -OCH3 is 1. The number of hydrogen-bond donors (Lipinski definition) is 1. The van der Waals surface area contributed by atoms with E-state index in [1.165, 1.54) is 18.2 Å². The Kier molecular flexibility index (Phi) is 5.99. The van der Waals surface area contributed by atoms with Crippen molar-refractivity contribution in [3.05, 3.63) is 59.2 Å². The zero-order valence-corrected chi connectivity index (χ0v) is 16.1. The van der Waals surface area contributed by atoms with E-state index in [1.807, 2.05) is 17.0 Å². The van der Waals surface area contributed by atoms with Crippen molar-refractivity contribution in [2.75, 3.05) is 25.2 Å². The van der Waals surface area contributed by atoms with Gasteiger partial charge in [0, 0.05) is 18.3 Å². The highest BCUT2D eigenvalue weighted by Gasteiger charge is 2.20. The fourth-order valence-corrected chi connectivity index (χ4v) is 3.27.